The largest absolute Gasteiger partial charge is 0.484 e. The molecule has 2 aromatic carbocycles. The van der Waals surface area contributed by atoms with Crippen LogP contribution in [-0.4, -0.2) is 17.4 Å². The first-order valence-electron chi connectivity index (χ1n) is 7.14. The normalized spacial score (nSPS) is 9.88. The molecule has 0 atom stereocenters. The Balaban J connectivity index is 1.82. The van der Waals surface area contributed by atoms with Gasteiger partial charge in [0.15, 0.2) is 6.61 Å². The van der Waals surface area contributed by atoms with Crippen molar-refractivity contribution in [2.24, 2.45) is 0 Å². The summed E-state index contributed by atoms with van der Waals surface area (Å²) in [6, 6.07) is 13.3. The Morgan fingerprint density at radius 1 is 1.21 bits per heavy atom. The summed E-state index contributed by atoms with van der Waals surface area (Å²) in [7, 11) is 0. The highest BCUT2D eigenvalue weighted by molar-refractivity contribution is 5.78. The number of amides is 1. The number of hydrogen-bond donors (Lipinski definition) is 2. The number of nitro groups is 1. The van der Waals surface area contributed by atoms with Crippen molar-refractivity contribution in [2.75, 3.05) is 6.61 Å². The van der Waals surface area contributed by atoms with Crippen molar-refractivity contribution in [1.82, 2.24) is 10.9 Å². The summed E-state index contributed by atoms with van der Waals surface area (Å²) in [4.78, 5) is 22.0. The van der Waals surface area contributed by atoms with E-state index in [0.717, 1.165) is 5.56 Å². The molecular formula is C17H17N3O4. The van der Waals surface area contributed by atoms with Gasteiger partial charge in [-0.05, 0) is 19.1 Å². The van der Waals surface area contributed by atoms with Gasteiger partial charge in [0.25, 0.3) is 11.6 Å². The van der Waals surface area contributed by atoms with Crippen LogP contribution in [0.4, 0.5) is 5.69 Å². The predicted molar refractivity (Wildman–Crippen MR) is 90.1 cm³/mol. The number of carbonyl (C=O) groups excluding carboxylic acids is 1. The lowest BCUT2D eigenvalue weighted by molar-refractivity contribution is -0.384. The minimum Gasteiger partial charge on any atom is -0.484 e. The molecule has 2 N–H and O–H groups in total. The molecular weight excluding hydrogens is 310 g/mol. The first kappa shape index (κ1) is 17.0. The van der Waals surface area contributed by atoms with Gasteiger partial charge in [0.1, 0.15) is 5.75 Å². The molecule has 0 aliphatic carbocycles. The summed E-state index contributed by atoms with van der Waals surface area (Å²) in [6.07, 6.45) is 0. The number of hydrogen-bond acceptors (Lipinski definition) is 5. The van der Waals surface area contributed by atoms with Crippen LogP contribution in [0.1, 0.15) is 11.1 Å². The van der Waals surface area contributed by atoms with Crippen LogP contribution in [0, 0.1) is 17.0 Å². The van der Waals surface area contributed by atoms with Crippen LogP contribution < -0.4 is 15.6 Å². The number of nitrogens with one attached hydrogen (secondary N) is 2. The third-order valence-electron chi connectivity index (χ3n) is 3.15. The highest BCUT2D eigenvalue weighted by Gasteiger charge is 2.08. The summed E-state index contributed by atoms with van der Waals surface area (Å²) >= 11 is 0. The Morgan fingerprint density at radius 3 is 2.58 bits per heavy atom. The van der Waals surface area contributed by atoms with Crippen molar-refractivity contribution in [3.8, 4) is 5.75 Å². The number of nitro benzene ring substituents is 1. The average Bonchev–Trinajstić information content (AvgIpc) is 2.59. The van der Waals surface area contributed by atoms with E-state index in [1.807, 2.05) is 19.1 Å². The molecule has 1 amide bonds. The van der Waals surface area contributed by atoms with Gasteiger partial charge in [-0.25, -0.2) is 0 Å². The van der Waals surface area contributed by atoms with Crippen LogP contribution in [0.25, 0.3) is 5.70 Å². The van der Waals surface area contributed by atoms with Gasteiger partial charge in [-0.1, -0.05) is 36.4 Å². The minimum atomic E-state index is -0.495. The quantitative estimate of drug-likeness (QED) is 0.602. The molecule has 2 rings (SSSR count). The van der Waals surface area contributed by atoms with Crippen LogP contribution in [0.2, 0.25) is 0 Å². The molecule has 0 heterocycles. The van der Waals surface area contributed by atoms with Gasteiger partial charge < -0.3 is 4.74 Å². The SMILES string of the molecule is C=C(NNC(=O)COc1ccc(C)cc1)c1cccc([N+](=O)[O-])c1. The molecule has 0 radical (unpaired) electrons. The van der Waals surface area contributed by atoms with Gasteiger partial charge in [-0.3, -0.25) is 25.8 Å². The van der Waals surface area contributed by atoms with Crippen molar-refractivity contribution in [2.45, 2.75) is 6.92 Å². The number of rotatable bonds is 7. The maximum atomic E-state index is 11.7. The smallest absolute Gasteiger partial charge is 0.276 e. The highest BCUT2D eigenvalue weighted by Crippen LogP contribution is 2.17. The Morgan fingerprint density at radius 2 is 1.92 bits per heavy atom. The first-order chi connectivity index (χ1) is 11.5. The van der Waals surface area contributed by atoms with E-state index in [0.29, 0.717) is 17.0 Å². The fourth-order valence-electron chi connectivity index (χ4n) is 1.84. The first-order valence-corrected chi connectivity index (χ1v) is 7.14. The number of ether oxygens (including phenoxy) is 1. The zero-order chi connectivity index (χ0) is 17.5. The van der Waals surface area contributed by atoms with Gasteiger partial charge in [0, 0.05) is 17.7 Å². The number of carbonyl (C=O) groups is 1. The Labute approximate surface area is 139 Å². The van der Waals surface area contributed by atoms with E-state index in [9.17, 15) is 14.9 Å². The number of hydrazine groups is 1. The minimum absolute atomic E-state index is 0.0514. The second-order valence-electron chi connectivity index (χ2n) is 5.06. The molecule has 0 fully saturated rings. The fraction of sp³-hybridized carbons (Fsp3) is 0.118. The van der Waals surface area contributed by atoms with Crippen LogP contribution in [-0.2, 0) is 4.79 Å². The third-order valence-corrected chi connectivity index (χ3v) is 3.15. The molecule has 0 saturated carbocycles. The predicted octanol–water partition coefficient (Wildman–Crippen LogP) is 2.57. The number of non-ortho nitro benzene ring substituents is 1. The van der Waals surface area contributed by atoms with Crippen LogP contribution >= 0.6 is 0 Å². The van der Waals surface area contributed by atoms with Crippen molar-refractivity contribution >= 4 is 17.3 Å². The topological polar surface area (TPSA) is 93.5 Å². The Bertz CT molecular complexity index is 757. The molecule has 2 aromatic rings. The maximum Gasteiger partial charge on any atom is 0.276 e. The van der Waals surface area contributed by atoms with Crippen molar-refractivity contribution in [3.63, 3.8) is 0 Å². The lowest BCUT2D eigenvalue weighted by Crippen LogP contribution is -2.38. The zero-order valence-electron chi connectivity index (χ0n) is 13.1. The van der Waals surface area contributed by atoms with Crippen molar-refractivity contribution in [1.29, 1.82) is 0 Å². The summed E-state index contributed by atoms with van der Waals surface area (Å²) in [6.45, 7) is 5.53. The van der Waals surface area contributed by atoms with E-state index >= 15 is 0 Å². The molecule has 0 aliphatic rings. The van der Waals surface area contributed by atoms with Crippen molar-refractivity contribution < 1.29 is 14.5 Å². The summed E-state index contributed by atoms with van der Waals surface area (Å²) in [5.74, 6) is 0.190. The molecule has 7 heteroatoms. The molecule has 0 spiro atoms. The van der Waals surface area contributed by atoms with Crippen LogP contribution in [0.15, 0.2) is 55.1 Å². The molecule has 124 valence electrons. The van der Waals surface area contributed by atoms with Crippen LogP contribution in [0.3, 0.4) is 0 Å². The second kappa shape index (κ2) is 7.77. The monoisotopic (exact) mass is 327 g/mol. The van der Waals surface area contributed by atoms with Gasteiger partial charge in [0.05, 0.1) is 10.6 Å². The fourth-order valence-corrected chi connectivity index (χ4v) is 1.84. The molecule has 0 saturated heterocycles. The second-order valence-corrected chi connectivity index (χ2v) is 5.06. The third kappa shape index (κ3) is 4.84. The standard InChI is InChI=1S/C17H17N3O4/c1-12-6-8-16(9-7-12)24-11-17(21)19-18-13(2)14-4-3-5-15(10-14)20(22)23/h3-10,18H,2,11H2,1H3,(H,19,21). The van der Waals surface area contributed by atoms with Gasteiger partial charge in [-0.15, -0.1) is 0 Å². The van der Waals surface area contributed by atoms with Crippen LogP contribution in [0.5, 0.6) is 5.75 Å². The Kier molecular flexibility index (Phi) is 5.51. The van der Waals surface area contributed by atoms with Crippen molar-refractivity contribution in [3.05, 3.63) is 76.4 Å². The number of aryl methyl sites for hydroxylation is 1. The van der Waals surface area contributed by atoms with Gasteiger partial charge in [0.2, 0.25) is 0 Å². The lowest BCUT2D eigenvalue weighted by Gasteiger charge is -2.12. The zero-order valence-corrected chi connectivity index (χ0v) is 13.1. The summed E-state index contributed by atoms with van der Waals surface area (Å²) in [5, 5.41) is 10.8. The van der Waals surface area contributed by atoms with E-state index in [2.05, 4.69) is 17.4 Å². The molecule has 0 aromatic heterocycles. The van der Waals surface area contributed by atoms with E-state index in [-0.39, 0.29) is 12.3 Å². The van der Waals surface area contributed by atoms with Gasteiger partial charge >= 0.3 is 0 Å². The lowest BCUT2D eigenvalue weighted by atomic mass is 10.1. The highest BCUT2D eigenvalue weighted by atomic mass is 16.6. The molecule has 0 aliphatic heterocycles. The van der Waals surface area contributed by atoms with E-state index in [1.165, 1.54) is 12.1 Å². The summed E-state index contributed by atoms with van der Waals surface area (Å²) < 4.78 is 5.34. The average molecular weight is 327 g/mol. The van der Waals surface area contributed by atoms with E-state index in [4.69, 9.17) is 4.74 Å². The molecule has 7 nitrogen and oxygen atoms in total. The van der Waals surface area contributed by atoms with Gasteiger partial charge in [-0.2, -0.15) is 0 Å². The van der Waals surface area contributed by atoms with E-state index < -0.39 is 10.8 Å². The summed E-state index contributed by atoms with van der Waals surface area (Å²) in [5.41, 5.74) is 6.93. The molecule has 0 bridgehead atoms. The molecule has 0 unspecified atom stereocenters. The number of nitrogens with zero attached hydrogens (tertiary/aromatic N) is 1. The van der Waals surface area contributed by atoms with E-state index in [1.54, 1.807) is 24.3 Å². The maximum absolute atomic E-state index is 11.7. The Hall–Kier alpha value is -3.35. The molecule has 24 heavy (non-hydrogen) atoms. The number of benzene rings is 2.